The molecule has 0 radical (unpaired) electrons. The lowest BCUT2D eigenvalue weighted by atomic mass is 9.47. The summed E-state index contributed by atoms with van der Waals surface area (Å²) in [6, 6.07) is 10.8. The lowest BCUT2D eigenvalue weighted by Gasteiger charge is -2.58. The van der Waals surface area contributed by atoms with E-state index < -0.39 is 4.92 Å². The van der Waals surface area contributed by atoms with Crippen LogP contribution in [-0.2, 0) is 0 Å². The molecule has 1 aromatic heterocycles. The van der Waals surface area contributed by atoms with E-state index in [4.69, 9.17) is 9.72 Å². The lowest BCUT2D eigenvalue weighted by Crippen LogP contribution is -2.50. The highest BCUT2D eigenvalue weighted by molar-refractivity contribution is 5.74. The van der Waals surface area contributed by atoms with Crippen LogP contribution < -0.4 is 4.74 Å². The number of benzene rings is 1. The van der Waals surface area contributed by atoms with Crippen molar-refractivity contribution >= 4 is 5.69 Å². The smallest absolute Gasteiger partial charge is 0.270 e. The number of aliphatic hydroxyl groups excluding tert-OH is 1. The highest BCUT2D eigenvalue weighted by Gasteiger charge is 2.59. The first-order chi connectivity index (χ1) is 19.2. The fourth-order valence-electron chi connectivity index (χ4n) is 9.21. The maximum atomic E-state index is 11.5. The molecular weight excluding hydrogens is 502 g/mol. The lowest BCUT2D eigenvalue weighted by molar-refractivity contribution is -0.384. The Morgan fingerprint density at radius 2 is 2.00 bits per heavy atom. The Bertz CT molecular complexity index is 1410. The maximum Gasteiger partial charge on any atom is 0.270 e. The third kappa shape index (κ3) is 4.15. The van der Waals surface area contributed by atoms with Crippen molar-refractivity contribution in [2.45, 2.75) is 84.2 Å². The summed E-state index contributed by atoms with van der Waals surface area (Å²) in [5, 5.41) is 32.0. The molecule has 1 aromatic carbocycles. The van der Waals surface area contributed by atoms with Gasteiger partial charge in [0.05, 0.1) is 17.6 Å². The predicted molar refractivity (Wildman–Crippen MR) is 153 cm³/mol. The van der Waals surface area contributed by atoms with Crippen LogP contribution in [0.25, 0.3) is 11.1 Å². The predicted octanol–water partition coefficient (Wildman–Crippen LogP) is 7.33. The van der Waals surface area contributed by atoms with Crippen LogP contribution in [0.15, 0.2) is 42.0 Å². The molecule has 7 atom stereocenters. The van der Waals surface area contributed by atoms with Crippen molar-refractivity contribution in [2.24, 2.45) is 28.6 Å². The molecule has 4 aliphatic rings. The van der Waals surface area contributed by atoms with Crippen LogP contribution in [0.3, 0.4) is 0 Å². The summed E-state index contributed by atoms with van der Waals surface area (Å²) in [5.74, 6) is 2.43. The Kier molecular flexibility index (Phi) is 6.73. The van der Waals surface area contributed by atoms with Crippen LogP contribution in [0, 0.1) is 50.0 Å². The van der Waals surface area contributed by atoms with Crippen molar-refractivity contribution in [2.75, 3.05) is 6.61 Å². The Balaban J connectivity index is 1.39. The van der Waals surface area contributed by atoms with E-state index in [-0.39, 0.29) is 28.5 Å². The zero-order valence-corrected chi connectivity index (χ0v) is 23.7. The molecule has 7 nitrogen and oxygen atoms in total. The standard InChI is InChI=1S/C33H39N3O4/c1-4-40-31-26(19-34)25(20-6-5-7-22(16-20)36(38)39)18-30(35-31)29-11-10-27-24-9-8-21-17-23(37)12-14-32(21,2)28(24)13-15-33(27,29)3/h5-8,16,18,23-24,27-29,37H,4,9-15,17H2,1-3H3/t23-,24-,27-,28-,29+,32-,33-/m0/s1. The van der Waals surface area contributed by atoms with Crippen LogP contribution in [0.5, 0.6) is 5.88 Å². The number of nitriles is 1. The summed E-state index contributed by atoms with van der Waals surface area (Å²) in [5.41, 5.74) is 4.32. The number of nitrogens with zero attached hydrogens (tertiary/aromatic N) is 3. The van der Waals surface area contributed by atoms with E-state index in [0.29, 0.717) is 46.9 Å². The number of pyridine rings is 1. The number of rotatable bonds is 5. The van der Waals surface area contributed by atoms with Gasteiger partial charge >= 0.3 is 0 Å². The Labute approximate surface area is 236 Å². The first kappa shape index (κ1) is 27.0. The number of hydrogen-bond donors (Lipinski definition) is 1. The maximum absolute atomic E-state index is 11.5. The first-order valence-corrected chi connectivity index (χ1v) is 14.9. The van der Waals surface area contributed by atoms with Crippen LogP contribution in [-0.4, -0.2) is 27.7 Å². The number of fused-ring (bicyclic) bond motifs is 5. The molecule has 210 valence electrons. The summed E-state index contributed by atoms with van der Waals surface area (Å²) in [6.45, 7) is 7.17. The normalized spacial score (nSPS) is 34.6. The highest BCUT2D eigenvalue weighted by atomic mass is 16.6. The molecule has 0 amide bonds. The average Bonchev–Trinajstić information content (AvgIpc) is 3.30. The van der Waals surface area contributed by atoms with E-state index in [0.717, 1.165) is 50.6 Å². The van der Waals surface area contributed by atoms with Crippen molar-refractivity contribution < 1.29 is 14.8 Å². The van der Waals surface area contributed by atoms with Crippen molar-refractivity contribution in [1.29, 1.82) is 5.26 Å². The number of aliphatic hydroxyl groups is 1. The second kappa shape index (κ2) is 9.99. The fourth-order valence-corrected chi connectivity index (χ4v) is 9.21. The van der Waals surface area contributed by atoms with Crippen LogP contribution >= 0.6 is 0 Å². The van der Waals surface area contributed by atoms with E-state index in [1.54, 1.807) is 6.07 Å². The van der Waals surface area contributed by atoms with Gasteiger partial charge < -0.3 is 9.84 Å². The third-order valence-corrected chi connectivity index (χ3v) is 11.2. The minimum absolute atomic E-state index is 0.00243. The van der Waals surface area contributed by atoms with Crippen LogP contribution in [0.1, 0.15) is 89.3 Å². The monoisotopic (exact) mass is 541 g/mol. The molecular formula is C33H39N3O4. The SMILES string of the molecule is CCOc1nc([C@H]2CC[C@H]3[C@@H]4CC=C5C[C@@H](O)CC[C@]5(C)[C@H]4CC[C@]23C)cc(-c2cccc([N+](=O)[O-])c2)c1C#N. The molecule has 40 heavy (non-hydrogen) atoms. The molecule has 0 bridgehead atoms. The zero-order valence-electron chi connectivity index (χ0n) is 23.7. The van der Waals surface area contributed by atoms with Gasteiger partial charge in [0.15, 0.2) is 0 Å². The van der Waals surface area contributed by atoms with Crippen molar-refractivity contribution in [1.82, 2.24) is 4.98 Å². The van der Waals surface area contributed by atoms with Gasteiger partial charge in [-0.2, -0.15) is 5.26 Å². The molecule has 1 N–H and O–H groups in total. The zero-order chi connectivity index (χ0) is 28.2. The van der Waals surface area contributed by atoms with Gasteiger partial charge in [0.25, 0.3) is 5.69 Å². The molecule has 0 spiro atoms. The van der Waals surface area contributed by atoms with E-state index in [1.807, 2.05) is 19.1 Å². The summed E-state index contributed by atoms with van der Waals surface area (Å²) in [7, 11) is 0. The van der Waals surface area contributed by atoms with Gasteiger partial charge in [0, 0.05) is 29.3 Å². The molecule has 4 aliphatic carbocycles. The summed E-state index contributed by atoms with van der Waals surface area (Å²) in [6.07, 6.45) is 10.7. The first-order valence-electron chi connectivity index (χ1n) is 14.9. The Morgan fingerprint density at radius 3 is 2.75 bits per heavy atom. The minimum Gasteiger partial charge on any atom is -0.477 e. The molecule has 0 saturated heterocycles. The van der Waals surface area contributed by atoms with E-state index in [2.05, 4.69) is 26.0 Å². The third-order valence-electron chi connectivity index (χ3n) is 11.2. The van der Waals surface area contributed by atoms with Gasteiger partial charge in [-0.15, -0.1) is 0 Å². The number of allylic oxidation sites excluding steroid dienone is 1. The molecule has 7 heteroatoms. The van der Waals surface area contributed by atoms with Gasteiger partial charge in [0.2, 0.25) is 5.88 Å². The van der Waals surface area contributed by atoms with E-state index in [9.17, 15) is 20.5 Å². The van der Waals surface area contributed by atoms with E-state index >= 15 is 0 Å². The van der Waals surface area contributed by atoms with Crippen molar-refractivity contribution in [3.63, 3.8) is 0 Å². The molecule has 0 aliphatic heterocycles. The topological polar surface area (TPSA) is 109 Å². The number of nitro groups is 1. The number of hydrogen-bond acceptors (Lipinski definition) is 6. The van der Waals surface area contributed by atoms with Gasteiger partial charge in [-0.25, -0.2) is 4.98 Å². The van der Waals surface area contributed by atoms with Crippen LogP contribution in [0.2, 0.25) is 0 Å². The van der Waals surface area contributed by atoms with Gasteiger partial charge in [0.1, 0.15) is 11.6 Å². The van der Waals surface area contributed by atoms with Crippen molar-refractivity contribution in [3.8, 4) is 23.1 Å². The van der Waals surface area contributed by atoms with Gasteiger partial charge in [-0.1, -0.05) is 37.6 Å². The largest absolute Gasteiger partial charge is 0.477 e. The fraction of sp³-hybridized carbons (Fsp3) is 0.576. The number of non-ortho nitro benzene ring substituents is 1. The quantitative estimate of drug-likeness (QED) is 0.241. The summed E-state index contributed by atoms with van der Waals surface area (Å²) in [4.78, 5) is 16.1. The van der Waals surface area contributed by atoms with Crippen LogP contribution in [0.4, 0.5) is 5.69 Å². The molecule has 3 saturated carbocycles. The van der Waals surface area contributed by atoms with Gasteiger partial charge in [-0.05, 0) is 98.5 Å². The van der Waals surface area contributed by atoms with Gasteiger partial charge in [-0.3, -0.25) is 10.1 Å². The molecule has 2 aromatic rings. The number of ether oxygens (including phenoxy) is 1. The average molecular weight is 542 g/mol. The minimum atomic E-state index is -0.403. The molecule has 1 heterocycles. The second-order valence-corrected chi connectivity index (χ2v) is 13.0. The number of nitro benzene ring substituents is 1. The highest BCUT2D eigenvalue weighted by Crippen LogP contribution is 2.68. The van der Waals surface area contributed by atoms with Crippen molar-refractivity contribution in [3.05, 3.63) is 63.4 Å². The number of aromatic nitrogens is 1. The summed E-state index contributed by atoms with van der Waals surface area (Å²) < 4.78 is 5.91. The molecule has 3 fully saturated rings. The molecule has 6 rings (SSSR count). The summed E-state index contributed by atoms with van der Waals surface area (Å²) >= 11 is 0. The van der Waals surface area contributed by atoms with E-state index in [1.165, 1.54) is 24.1 Å². The Morgan fingerprint density at radius 1 is 1.18 bits per heavy atom. The molecule has 0 unspecified atom stereocenters. The second-order valence-electron chi connectivity index (χ2n) is 13.0. The Hall–Kier alpha value is -3.24.